The molecule has 2 aliphatic rings. The molecule has 0 unspecified atom stereocenters. The van der Waals surface area contributed by atoms with Crippen molar-refractivity contribution in [3.8, 4) is 12.1 Å². The van der Waals surface area contributed by atoms with Gasteiger partial charge in [0.05, 0.1) is 40.4 Å². The number of carbonyl (C=O) groups is 1. The number of H-pyrrole nitrogens is 1. The van der Waals surface area contributed by atoms with E-state index < -0.39 is 11.5 Å². The number of hydrogen-bond acceptors (Lipinski definition) is 7. The van der Waals surface area contributed by atoms with Crippen molar-refractivity contribution >= 4 is 17.0 Å². The fraction of sp³-hybridized carbons (Fsp3) is 0.462. The second kappa shape index (κ2) is 9.44. The molecule has 3 heterocycles. The predicted molar refractivity (Wildman–Crippen MR) is 132 cm³/mol. The Morgan fingerprint density at radius 3 is 2.31 bits per heavy atom. The SMILES string of the molecule is CC1=C(C#N)C(c2ccc3n[nH]c(CN4CCN(C(=O)OC(C)(C)C)CC4)c3c2)C(C#N)=C(C)N1. The van der Waals surface area contributed by atoms with Gasteiger partial charge in [-0.1, -0.05) is 6.07 Å². The first-order valence-electron chi connectivity index (χ1n) is 11.8. The van der Waals surface area contributed by atoms with E-state index in [2.05, 4.69) is 32.6 Å². The van der Waals surface area contributed by atoms with E-state index in [0.717, 1.165) is 46.6 Å². The third-order valence-electron chi connectivity index (χ3n) is 6.40. The Morgan fingerprint density at radius 2 is 1.74 bits per heavy atom. The van der Waals surface area contributed by atoms with Gasteiger partial charge in [-0.2, -0.15) is 15.6 Å². The van der Waals surface area contributed by atoms with Gasteiger partial charge in [0.2, 0.25) is 0 Å². The number of carbonyl (C=O) groups excluding carboxylic acids is 1. The van der Waals surface area contributed by atoms with E-state index in [4.69, 9.17) is 4.74 Å². The lowest BCUT2D eigenvalue weighted by atomic mass is 9.81. The Balaban J connectivity index is 1.54. The number of piperazine rings is 1. The van der Waals surface area contributed by atoms with Crippen LogP contribution in [0.25, 0.3) is 10.9 Å². The number of nitrogens with zero attached hydrogens (tertiary/aromatic N) is 5. The van der Waals surface area contributed by atoms with Crippen LogP contribution in [-0.2, 0) is 11.3 Å². The zero-order valence-electron chi connectivity index (χ0n) is 20.9. The lowest BCUT2D eigenvalue weighted by Crippen LogP contribution is -2.49. The molecule has 2 aliphatic heterocycles. The molecule has 1 amide bonds. The number of aromatic nitrogens is 2. The zero-order valence-corrected chi connectivity index (χ0v) is 20.9. The Kier molecular flexibility index (Phi) is 6.56. The van der Waals surface area contributed by atoms with Gasteiger partial charge in [-0.25, -0.2) is 4.79 Å². The smallest absolute Gasteiger partial charge is 0.410 e. The van der Waals surface area contributed by atoms with Gasteiger partial charge in [0.15, 0.2) is 0 Å². The summed E-state index contributed by atoms with van der Waals surface area (Å²) in [6.07, 6.45) is -0.274. The Bertz CT molecular complexity index is 1260. The van der Waals surface area contributed by atoms with Crippen LogP contribution >= 0.6 is 0 Å². The number of rotatable bonds is 3. The summed E-state index contributed by atoms with van der Waals surface area (Å²) >= 11 is 0. The quantitative estimate of drug-likeness (QED) is 0.693. The van der Waals surface area contributed by atoms with Crippen molar-refractivity contribution in [1.82, 2.24) is 25.3 Å². The summed E-state index contributed by atoms with van der Waals surface area (Å²) in [6.45, 7) is 12.7. The first kappa shape index (κ1) is 24.3. The molecular formula is C26H31N7O2. The predicted octanol–water partition coefficient (Wildman–Crippen LogP) is 3.90. The number of nitriles is 2. The van der Waals surface area contributed by atoms with Gasteiger partial charge in [0, 0.05) is 49.5 Å². The molecule has 0 radical (unpaired) electrons. The van der Waals surface area contributed by atoms with Crippen molar-refractivity contribution in [2.24, 2.45) is 0 Å². The molecule has 2 N–H and O–H groups in total. The van der Waals surface area contributed by atoms with E-state index in [1.54, 1.807) is 4.90 Å². The minimum Gasteiger partial charge on any atom is -0.444 e. The number of dihydropyridines is 1. The lowest BCUT2D eigenvalue weighted by molar-refractivity contribution is 0.0138. The van der Waals surface area contributed by atoms with Crippen LogP contribution in [0.4, 0.5) is 4.79 Å². The fourth-order valence-corrected chi connectivity index (χ4v) is 4.64. The van der Waals surface area contributed by atoms with Crippen molar-refractivity contribution < 1.29 is 9.53 Å². The van der Waals surface area contributed by atoms with Gasteiger partial charge in [-0.05, 0) is 52.3 Å². The highest BCUT2D eigenvalue weighted by Crippen LogP contribution is 2.38. The zero-order chi connectivity index (χ0) is 25.3. The van der Waals surface area contributed by atoms with Crippen LogP contribution in [0, 0.1) is 22.7 Å². The minimum absolute atomic E-state index is 0.274. The molecule has 0 bridgehead atoms. The van der Waals surface area contributed by atoms with E-state index in [1.165, 1.54) is 0 Å². The second-order valence-electron chi connectivity index (χ2n) is 10.1. The summed E-state index contributed by atoms with van der Waals surface area (Å²) in [4.78, 5) is 16.4. The molecule has 9 nitrogen and oxygen atoms in total. The van der Waals surface area contributed by atoms with Crippen LogP contribution in [0.2, 0.25) is 0 Å². The van der Waals surface area contributed by atoms with Crippen LogP contribution in [0.1, 0.15) is 51.8 Å². The van der Waals surface area contributed by atoms with Crippen LogP contribution in [-0.4, -0.2) is 57.9 Å². The molecular weight excluding hydrogens is 442 g/mol. The van der Waals surface area contributed by atoms with Crippen molar-refractivity contribution in [1.29, 1.82) is 10.5 Å². The van der Waals surface area contributed by atoms with E-state index in [-0.39, 0.29) is 6.09 Å². The maximum absolute atomic E-state index is 12.4. The summed E-state index contributed by atoms with van der Waals surface area (Å²) in [6, 6.07) is 10.5. The summed E-state index contributed by atoms with van der Waals surface area (Å²) in [5.74, 6) is -0.407. The average Bonchev–Trinajstić information content (AvgIpc) is 3.20. The monoisotopic (exact) mass is 473 g/mol. The Hall–Kier alpha value is -3.82. The van der Waals surface area contributed by atoms with E-state index in [0.29, 0.717) is 30.8 Å². The van der Waals surface area contributed by atoms with E-state index >= 15 is 0 Å². The molecule has 35 heavy (non-hydrogen) atoms. The molecule has 0 saturated carbocycles. The highest BCUT2D eigenvalue weighted by molar-refractivity contribution is 5.82. The van der Waals surface area contributed by atoms with Gasteiger partial charge in [-0.15, -0.1) is 0 Å². The number of amides is 1. The standard InChI is InChI=1S/C26H31N7O2/c1-16-20(13-27)24(21(14-28)17(2)29-16)18-6-7-22-19(12-18)23(31-30-22)15-32-8-10-33(11-9-32)25(34)35-26(3,4)5/h6-7,12,24,29H,8-11,15H2,1-5H3,(H,30,31). The minimum atomic E-state index is -0.507. The van der Waals surface area contributed by atoms with Crippen molar-refractivity contribution in [2.75, 3.05) is 26.2 Å². The summed E-state index contributed by atoms with van der Waals surface area (Å²) < 4.78 is 5.49. The second-order valence-corrected chi connectivity index (χ2v) is 10.1. The summed E-state index contributed by atoms with van der Waals surface area (Å²) in [5, 5.41) is 31.4. The number of benzene rings is 1. The third kappa shape index (κ3) is 5.01. The largest absolute Gasteiger partial charge is 0.444 e. The molecule has 4 rings (SSSR count). The highest BCUT2D eigenvalue weighted by atomic mass is 16.6. The maximum Gasteiger partial charge on any atom is 0.410 e. The van der Waals surface area contributed by atoms with E-state index in [9.17, 15) is 15.3 Å². The van der Waals surface area contributed by atoms with Gasteiger partial charge in [0.25, 0.3) is 0 Å². The Labute approximate surface area is 205 Å². The molecule has 1 saturated heterocycles. The van der Waals surface area contributed by atoms with Gasteiger partial charge < -0.3 is 15.0 Å². The van der Waals surface area contributed by atoms with Crippen molar-refractivity contribution in [2.45, 2.75) is 52.7 Å². The number of fused-ring (bicyclic) bond motifs is 1. The highest BCUT2D eigenvalue weighted by Gasteiger charge is 2.30. The number of hydrogen-bond donors (Lipinski definition) is 2. The number of ether oxygens (including phenoxy) is 1. The third-order valence-corrected chi connectivity index (χ3v) is 6.40. The van der Waals surface area contributed by atoms with Gasteiger partial charge in [-0.3, -0.25) is 10.00 Å². The molecule has 9 heteroatoms. The molecule has 0 atom stereocenters. The number of aromatic amines is 1. The van der Waals surface area contributed by atoms with Crippen LogP contribution in [0.15, 0.2) is 40.7 Å². The number of nitrogens with one attached hydrogen (secondary N) is 2. The normalized spacial score (nSPS) is 17.9. The molecule has 2 aromatic rings. The first-order chi connectivity index (χ1) is 16.6. The van der Waals surface area contributed by atoms with Crippen LogP contribution in [0.5, 0.6) is 0 Å². The van der Waals surface area contributed by atoms with Crippen molar-refractivity contribution in [3.63, 3.8) is 0 Å². The molecule has 0 spiro atoms. The lowest BCUT2D eigenvalue weighted by Gasteiger charge is -2.35. The summed E-state index contributed by atoms with van der Waals surface area (Å²) in [7, 11) is 0. The molecule has 1 fully saturated rings. The fourth-order valence-electron chi connectivity index (χ4n) is 4.64. The number of allylic oxidation sites excluding steroid dienone is 4. The Morgan fingerprint density at radius 1 is 1.11 bits per heavy atom. The molecule has 0 aliphatic carbocycles. The molecule has 1 aromatic heterocycles. The summed E-state index contributed by atoms with van der Waals surface area (Å²) in [5.41, 5.74) is 4.83. The average molecular weight is 474 g/mol. The first-order valence-corrected chi connectivity index (χ1v) is 11.8. The molecule has 1 aromatic carbocycles. The van der Waals surface area contributed by atoms with E-state index in [1.807, 2.05) is 52.8 Å². The van der Waals surface area contributed by atoms with Gasteiger partial charge >= 0.3 is 6.09 Å². The van der Waals surface area contributed by atoms with Gasteiger partial charge in [0.1, 0.15) is 5.60 Å². The van der Waals surface area contributed by atoms with Crippen LogP contribution < -0.4 is 5.32 Å². The molecule has 182 valence electrons. The van der Waals surface area contributed by atoms with Crippen LogP contribution in [0.3, 0.4) is 0 Å². The van der Waals surface area contributed by atoms with Crippen molar-refractivity contribution in [3.05, 3.63) is 52.0 Å². The maximum atomic E-state index is 12.4. The topological polar surface area (TPSA) is 121 Å².